The molecule has 0 saturated heterocycles. The van der Waals surface area contributed by atoms with Crippen LogP contribution in [0.1, 0.15) is 10.4 Å². The number of nitrogens with one attached hydrogen (secondary N) is 1. The van der Waals surface area contributed by atoms with Crippen molar-refractivity contribution in [2.45, 2.75) is 0 Å². The topological polar surface area (TPSA) is 94.4 Å². The third kappa shape index (κ3) is 5.05. The summed E-state index contributed by atoms with van der Waals surface area (Å²) in [6.07, 6.45) is 0. The summed E-state index contributed by atoms with van der Waals surface area (Å²) in [5.74, 6) is 0.288. The summed E-state index contributed by atoms with van der Waals surface area (Å²) in [6, 6.07) is 18.4. The van der Waals surface area contributed by atoms with E-state index in [1.807, 2.05) is 12.1 Å². The average molecular weight is 545 g/mol. The Balaban J connectivity index is 1.71. The number of benzene rings is 3. The molecule has 1 amide bonds. The van der Waals surface area contributed by atoms with Gasteiger partial charge in [0.2, 0.25) is 0 Å². The molecule has 0 aliphatic carbocycles. The molecule has 10 heteroatoms. The maximum atomic E-state index is 12.8. The number of non-ortho nitro benzene ring substituents is 1. The Kier molecular flexibility index (Phi) is 6.73. The number of aromatic nitrogens is 1. The normalized spacial score (nSPS) is 10.6. The van der Waals surface area contributed by atoms with Crippen molar-refractivity contribution in [1.29, 1.82) is 0 Å². The summed E-state index contributed by atoms with van der Waals surface area (Å²) in [5.41, 5.74) is 2.57. The first kappa shape index (κ1) is 22.9. The van der Waals surface area contributed by atoms with E-state index >= 15 is 0 Å². The van der Waals surface area contributed by atoms with E-state index in [4.69, 9.17) is 16.3 Å². The van der Waals surface area contributed by atoms with Gasteiger partial charge in [0.15, 0.2) is 5.13 Å². The van der Waals surface area contributed by atoms with Gasteiger partial charge < -0.3 is 4.74 Å². The first-order valence-electron chi connectivity index (χ1n) is 9.52. The van der Waals surface area contributed by atoms with E-state index < -0.39 is 4.92 Å². The molecule has 1 heterocycles. The van der Waals surface area contributed by atoms with Crippen molar-refractivity contribution >= 4 is 55.6 Å². The molecule has 7 nitrogen and oxygen atoms in total. The molecule has 0 fully saturated rings. The fourth-order valence-electron chi connectivity index (χ4n) is 3.08. The number of anilines is 1. The first-order valence-corrected chi connectivity index (χ1v) is 11.5. The van der Waals surface area contributed by atoms with Crippen LogP contribution in [0.4, 0.5) is 10.8 Å². The highest BCUT2D eigenvalue weighted by atomic mass is 79.9. The zero-order valence-electron chi connectivity index (χ0n) is 17.0. The van der Waals surface area contributed by atoms with Gasteiger partial charge in [-0.3, -0.25) is 20.2 Å². The van der Waals surface area contributed by atoms with E-state index in [1.54, 1.807) is 49.6 Å². The highest BCUT2D eigenvalue weighted by Crippen LogP contribution is 2.40. The number of carbonyl (C=O) groups excluding carboxylic acids is 1. The van der Waals surface area contributed by atoms with Gasteiger partial charge in [-0.25, -0.2) is 4.98 Å². The van der Waals surface area contributed by atoms with Crippen LogP contribution in [0, 0.1) is 10.1 Å². The molecular weight excluding hydrogens is 530 g/mol. The van der Waals surface area contributed by atoms with Gasteiger partial charge >= 0.3 is 0 Å². The minimum Gasteiger partial charge on any atom is -0.496 e. The van der Waals surface area contributed by atoms with E-state index in [-0.39, 0.29) is 11.6 Å². The van der Waals surface area contributed by atoms with E-state index in [0.29, 0.717) is 37.2 Å². The summed E-state index contributed by atoms with van der Waals surface area (Å²) in [6.45, 7) is 0. The van der Waals surface area contributed by atoms with Crippen LogP contribution in [-0.4, -0.2) is 22.9 Å². The van der Waals surface area contributed by atoms with Gasteiger partial charge in [-0.2, -0.15) is 0 Å². The molecule has 166 valence electrons. The molecule has 0 aliphatic rings. The third-order valence-corrected chi connectivity index (χ3v) is 6.61. The van der Waals surface area contributed by atoms with Gasteiger partial charge in [0.1, 0.15) is 5.75 Å². The minimum absolute atomic E-state index is 0.0133. The number of hydrogen-bond acceptors (Lipinski definition) is 6. The number of carbonyl (C=O) groups is 1. The SMILES string of the molecule is COc1ccc(C(=O)Nc2nc(-c3ccc([N+](=O)[O-])cc3)c(-c3ccc(Cl)cc3)s2)cc1Br. The molecule has 0 atom stereocenters. The molecule has 0 aliphatic heterocycles. The Labute approximate surface area is 206 Å². The van der Waals surface area contributed by atoms with Crippen LogP contribution in [0.25, 0.3) is 21.7 Å². The molecule has 1 N–H and O–H groups in total. The highest BCUT2D eigenvalue weighted by Gasteiger charge is 2.18. The van der Waals surface area contributed by atoms with Crippen LogP contribution in [0.5, 0.6) is 5.75 Å². The summed E-state index contributed by atoms with van der Waals surface area (Å²) in [4.78, 5) is 28.8. The van der Waals surface area contributed by atoms with Gasteiger partial charge in [0.25, 0.3) is 11.6 Å². The number of methoxy groups -OCH3 is 1. The van der Waals surface area contributed by atoms with Crippen LogP contribution < -0.4 is 10.1 Å². The molecule has 0 spiro atoms. The van der Waals surface area contributed by atoms with Gasteiger partial charge in [-0.15, -0.1) is 0 Å². The predicted molar refractivity (Wildman–Crippen MR) is 133 cm³/mol. The number of halogens is 2. The standard InChI is InChI=1S/C23H15BrClN3O4S/c1-32-19-11-6-15(12-18(19)24)22(29)27-23-26-20(13-4-9-17(10-5-13)28(30)31)21(33-23)14-2-7-16(25)8-3-14/h2-12H,1H3,(H,26,27,29). The largest absolute Gasteiger partial charge is 0.496 e. The highest BCUT2D eigenvalue weighted by molar-refractivity contribution is 9.10. The monoisotopic (exact) mass is 543 g/mol. The Morgan fingerprint density at radius 3 is 2.36 bits per heavy atom. The Bertz CT molecular complexity index is 1340. The van der Waals surface area contributed by atoms with Gasteiger partial charge in [-0.05, 0) is 64.0 Å². The lowest BCUT2D eigenvalue weighted by Crippen LogP contribution is -2.11. The smallest absolute Gasteiger partial charge is 0.269 e. The van der Waals surface area contributed by atoms with Crippen molar-refractivity contribution < 1.29 is 14.5 Å². The zero-order valence-corrected chi connectivity index (χ0v) is 20.2. The maximum absolute atomic E-state index is 12.8. The van der Waals surface area contributed by atoms with Crippen molar-refractivity contribution in [2.75, 3.05) is 12.4 Å². The van der Waals surface area contributed by atoms with Crippen molar-refractivity contribution in [3.63, 3.8) is 0 Å². The molecule has 0 unspecified atom stereocenters. The number of amides is 1. The number of nitrogens with zero attached hydrogens (tertiary/aromatic N) is 2. The van der Waals surface area contributed by atoms with E-state index in [1.165, 1.54) is 23.5 Å². The minimum atomic E-state index is -0.455. The van der Waals surface area contributed by atoms with Crippen molar-refractivity contribution in [1.82, 2.24) is 4.98 Å². The number of thiazole rings is 1. The second kappa shape index (κ2) is 9.70. The lowest BCUT2D eigenvalue weighted by Gasteiger charge is -2.06. The number of ether oxygens (including phenoxy) is 1. The molecule has 4 rings (SSSR count). The number of hydrogen-bond donors (Lipinski definition) is 1. The summed E-state index contributed by atoms with van der Waals surface area (Å²) in [7, 11) is 1.55. The van der Waals surface area contributed by atoms with E-state index in [9.17, 15) is 14.9 Å². The van der Waals surface area contributed by atoms with E-state index in [2.05, 4.69) is 26.2 Å². The molecule has 0 radical (unpaired) electrons. The van der Waals surface area contributed by atoms with Gasteiger partial charge in [-0.1, -0.05) is 35.1 Å². The van der Waals surface area contributed by atoms with Crippen LogP contribution in [-0.2, 0) is 0 Å². The van der Waals surface area contributed by atoms with Gasteiger partial charge in [0, 0.05) is 28.3 Å². The summed E-state index contributed by atoms with van der Waals surface area (Å²) >= 11 is 10.7. The Morgan fingerprint density at radius 2 is 1.76 bits per heavy atom. The molecule has 3 aromatic carbocycles. The second-order valence-corrected chi connectivity index (χ2v) is 9.10. The van der Waals surface area contributed by atoms with Crippen molar-refractivity contribution in [3.05, 3.63) is 91.9 Å². The second-order valence-electron chi connectivity index (χ2n) is 6.81. The summed E-state index contributed by atoms with van der Waals surface area (Å²) < 4.78 is 5.86. The molecule has 33 heavy (non-hydrogen) atoms. The Morgan fingerprint density at radius 1 is 1.09 bits per heavy atom. The quantitative estimate of drug-likeness (QED) is 0.207. The predicted octanol–water partition coefficient (Wildman–Crippen LogP) is 7.06. The first-order chi connectivity index (χ1) is 15.9. The lowest BCUT2D eigenvalue weighted by molar-refractivity contribution is -0.384. The molecular formula is C23H15BrClN3O4S. The lowest BCUT2D eigenvalue weighted by atomic mass is 10.1. The van der Waals surface area contributed by atoms with E-state index in [0.717, 1.165) is 10.4 Å². The zero-order chi connectivity index (χ0) is 23.5. The van der Waals surface area contributed by atoms with Crippen LogP contribution in [0.15, 0.2) is 71.2 Å². The molecule has 1 aromatic heterocycles. The summed E-state index contributed by atoms with van der Waals surface area (Å²) in [5, 5.41) is 14.8. The van der Waals surface area contributed by atoms with Gasteiger partial charge in [0.05, 0.1) is 27.1 Å². The van der Waals surface area contributed by atoms with Crippen LogP contribution >= 0.6 is 38.9 Å². The number of nitro benzene ring substituents is 1. The van der Waals surface area contributed by atoms with Crippen molar-refractivity contribution in [3.8, 4) is 27.4 Å². The molecule has 0 bridgehead atoms. The fraction of sp³-hybridized carbons (Fsp3) is 0.0435. The third-order valence-electron chi connectivity index (χ3n) is 4.72. The van der Waals surface area contributed by atoms with Crippen LogP contribution in [0.3, 0.4) is 0 Å². The molecule has 4 aromatic rings. The number of nitro groups is 1. The Hall–Kier alpha value is -3.27. The van der Waals surface area contributed by atoms with Crippen molar-refractivity contribution in [2.24, 2.45) is 0 Å². The molecule has 0 saturated carbocycles. The average Bonchev–Trinajstić information content (AvgIpc) is 3.23. The van der Waals surface area contributed by atoms with Crippen LogP contribution in [0.2, 0.25) is 5.02 Å². The fourth-order valence-corrected chi connectivity index (χ4v) is 4.74. The number of rotatable bonds is 6. The maximum Gasteiger partial charge on any atom is 0.269 e.